The number of nitrogen functional groups attached to an aromatic ring is 1. The Kier molecular flexibility index (Phi) is 2.71. The first-order chi connectivity index (χ1) is 8.02. The van der Waals surface area contributed by atoms with Crippen LogP contribution in [0.3, 0.4) is 0 Å². The van der Waals surface area contributed by atoms with Gasteiger partial charge in [0.1, 0.15) is 5.82 Å². The van der Waals surface area contributed by atoms with Crippen molar-refractivity contribution in [3.63, 3.8) is 0 Å². The molecule has 0 aliphatic heterocycles. The quantitative estimate of drug-likeness (QED) is 0.871. The summed E-state index contributed by atoms with van der Waals surface area (Å²) in [6.45, 7) is 0. The van der Waals surface area contributed by atoms with E-state index in [1.807, 2.05) is 0 Å². The lowest BCUT2D eigenvalue weighted by Gasteiger charge is -2.04. The molecule has 0 amide bonds. The van der Waals surface area contributed by atoms with E-state index < -0.39 is 11.6 Å². The van der Waals surface area contributed by atoms with Crippen LogP contribution in [-0.4, -0.2) is 16.7 Å². The van der Waals surface area contributed by atoms with Gasteiger partial charge in [-0.15, -0.1) is 0 Å². The Morgan fingerprint density at radius 3 is 2.53 bits per heavy atom. The minimum absolute atomic E-state index is 0.0515. The molecule has 17 heavy (non-hydrogen) atoms. The number of ether oxygens (including phenoxy) is 1. The van der Waals surface area contributed by atoms with E-state index >= 15 is 0 Å². The predicted molar refractivity (Wildman–Crippen MR) is 59.5 cm³/mol. The monoisotopic (exact) mass is 239 g/mol. The molecule has 4 nitrogen and oxygen atoms in total. The maximum Gasteiger partial charge on any atom is 0.200 e. The smallest absolute Gasteiger partial charge is 0.200 e. The predicted octanol–water partition coefficient (Wildman–Crippen LogP) is 1.96. The van der Waals surface area contributed by atoms with Crippen molar-refractivity contribution in [2.75, 3.05) is 12.8 Å². The van der Waals surface area contributed by atoms with Gasteiger partial charge in [-0.3, -0.25) is 0 Å². The number of anilines is 1. The second kappa shape index (κ2) is 4.04. The highest BCUT2D eigenvalue weighted by Crippen LogP contribution is 2.28. The molecule has 0 spiro atoms. The van der Waals surface area contributed by atoms with Gasteiger partial charge >= 0.3 is 0 Å². The zero-order valence-electron chi connectivity index (χ0n) is 9.37. The standard InChI is InChI=1S/C11H11F2N3O/c1-16-5-9(15-11(16)14)6-3-8(13)10(17-2)4-7(6)12/h3-5H,1-2H3,(H2,14,15). The molecule has 6 heteroatoms. The Labute approximate surface area is 96.6 Å². The molecule has 0 bridgehead atoms. The van der Waals surface area contributed by atoms with E-state index in [0.29, 0.717) is 0 Å². The molecule has 0 aliphatic carbocycles. The molecular weight excluding hydrogens is 228 g/mol. The number of hydrogen-bond acceptors (Lipinski definition) is 3. The second-order valence-corrected chi connectivity index (χ2v) is 3.56. The average molecular weight is 239 g/mol. The lowest BCUT2D eigenvalue weighted by molar-refractivity contribution is 0.383. The van der Waals surface area contributed by atoms with E-state index in [4.69, 9.17) is 5.73 Å². The average Bonchev–Trinajstić information content (AvgIpc) is 2.61. The minimum Gasteiger partial charge on any atom is -0.494 e. The lowest BCUT2D eigenvalue weighted by atomic mass is 10.1. The molecule has 2 rings (SSSR count). The van der Waals surface area contributed by atoms with E-state index in [9.17, 15) is 8.78 Å². The number of nitrogens with zero attached hydrogens (tertiary/aromatic N) is 2. The van der Waals surface area contributed by atoms with Crippen LogP contribution >= 0.6 is 0 Å². The Morgan fingerprint density at radius 1 is 1.29 bits per heavy atom. The first kappa shape index (κ1) is 11.4. The Bertz CT molecular complexity index is 547. The summed E-state index contributed by atoms with van der Waals surface area (Å²) in [4.78, 5) is 3.93. The van der Waals surface area contributed by atoms with E-state index in [0.717, 1.165) is 12.1 Å². The second-order valence-electron chi connectivity index (χ2n) is 3.56. The van der Waals surface area contributed by atoms with Crippen molar-refractivity contribution >= 4 is 5.95 Å². The van der Waals surface area contributed by atoms with Crippen LogP contribution in [0.25, 0.3) is 11.3 Å². The van der Waals surface area contributed by atoms with Crippen LogP contribution in [0.2, 0.25) is 0 Å². The molecule has 2 N–H and O–H groups in total. The van der Waals surface area contributed by atoms with Crippen LogP contribution in [0, 0.1) is 11.6 Å². The fourth-order valence-electron chi connectivity index (χ4n) is 1.49. The van der Waals surface area contributed by atoms with Crippen molar-refractivity contribution in [1.29, 1.82) is 0 Å². The number of aryl methyl sites for hydroxylation is 1. The van der Waals surface area contributed by atoms with Crippen LogP contribution in [0.15, 0.2) is 18.3 Å². The third-order valence-electron chi connectivity index (χ3n) is 2.43. The van der Waals surface area contributed by atoms with Crippen LogP contribution in [0.1, 0.15) is 0 Å². The van der Waals surface area contributed by atoms with Gasteiger partial charge in [-0.2, -0.15) is 0 Å². The number of hydrogen-bond donors (Lipinski definition) is 1. The number of methoxy groups -OCH3 is 1. The van der Waals surface area contributed by atoms with Gasteiger partial charge in [-0.1, -0.05) is 0 Å². The number of halogens is 2. The molecule has 0 saturated carbocycles. The molecule has 90 valence electrons. The van der Waals surface area contributed by atoms with Crippen molar-refractivity contribution in [2.45, 2.75) is 0 Å². The number of rotatable bonds is 2. The molecular formula is C11H11F2N3O. The SMILES string of the molecule is COc1cc(F)c(-c2cn(C)c(N)n2)cc1F. The maximum atomic E-state index is 13.7. The summed E-state index contributed by atoms with van der Waals surface area (Å²) in [5.74, 6) is -1.17. The van der Waals surface area contributed by atoms with Crippen LogP contribution in [0.4, 0.5) is 14.7 Å². The maximum absolute atomic E-state index is 13.7. The first-order valence-electron chi connectivity index (χ1n) is 4.85. The van der Waals surface area contributed by atoms with Crippen molar-refractivity contribution in [3.05, 3.63) is 30.0 Å². The topological polar surface area (TPSA) is 53.1 Å². The van der Waals surface area contributed by atoms with Crippen molar-refractivity contribution in [3.8, 4) is 17.0 Å². The zero-order chi connectivity index (χ0) is 12.6. The summed E-state index contributed by atoms with van der Waals surface area (Å²) < 4.78 is 33.4. The van der Waals surface area contributed by atoms with Gasteiger partial charge in [0.05, 0.1) is 12.8 Å². The zero-order valence-corrected chi connectivity index (χ0v) is 9.37. The molecule has 0 radical (unpaired) electrons. The normalized spacial score (nSPS) is 10.6. The van der Waals surface area contributed by atoms with Gasteiger partial charge in [0.15, 0.2) is 17.5 Å². The van der Waals surface area contributed by atoms with Crippen molar-refractivity contribution in [1.82, 2.24) is 9.55 Å². The number of imidazole rings is 1. The van der Waals surface area contributed by atoms with Gasteiger partial charge in [0.2, 0.25) is 0 Å². The molecule has 1 heterocycles. The molecule has 0 aliphatic rings. The fraction of sp³-hybridized carbons (Fsp3) is 0.182. The third kappa shape index (κ3) is 1.93. The van der Waals surface area contributed by atoms with Gasteiger partial charge in [-0.25, -0.2) is 13.8 Å². The summed E-state index contributed by atoms with van der Waals surface area (Å²) in [6, 6.07) is 2.02. The highest BCUT2D eigenvalue weighted by molar-refractivity contribution is 5.62. The van der Waals surface area contributed by atoms with Gasteiger partial charge in [0, 0.05) is 24.9 Å². The molecule has 1 aromatic heterocycles. The molecule has 0 atom stereocenters. The van der Waals surface area contributed by atoms with Crippen molar-refractivity contribution < 1.29 is 13.5 Å². The van der Waals surface area contributed by atoms with Gasteiger partial charge < -0.3 is 15.0 Å². The summed E-state index contributed by atoms with van der Waals surface area (Å²) >= 11 is 0. The molecule has 0 unspecified atom stereocenters. The van der Waals surface area contributed by atoms with E-state index in [-0.39, 0.29) is 23.0 Å². The number of benzene rings is 1. The molecule has 0 saturated heterocycles. The third-order valence-corrected chi connectivity index (χ3v) is 2.43. The van der Waals surface area contributed by atoms with Crippen LogP contribution in [0.5, 0.6) is 5.75 Å². The largest absolute Gasteiger partial charge is 0.494 e. The molecule has 2 aromatic rings. The highest BCUT2D eigenvalue weighted by atomic mass is 19.1. The Hall–Kier alpha value is -2.11. The van der Waals surface area contributed by atoms with Crippen LogP contribution < -0.4 is 10.5 Å². The number of nitrogens with two attached hydrogens (primary N) is 1. The molecule has 0 fully saturated rings. The molecule has 1 aromatic carbocycles. The summed E-state index contributed by atoms with van der Waals surface area (Å²) in [5.41, 5.74) is 5.87. The lowest BCUT2D eigenvalue weighted by Crippen LogP contribution is -1.94. The van der Waals surface area contributed by atoms with E-state index in [1.165, 1.54) is 17.9 Å². The Balaban J connectivity index is 2.56. The summed E-state index contributed by atoms with van der Waals surface area (Å²) in [7, 11) is 2.94. The fourth-order valence-corrected chi connectivity index (χ4v) is 1.49. The summed E-state index contributed by atoms with van der Waals surface area (Å²) in [5, 5.41) is 0. The Morgan fingerprint density at radius 2 is 2.00 bits per heavy atom. The van der Waals surface area contributed by atoms with Crippen molar-refractivity contribution in [2.24, 2.45) is 7.05 Å². The number of aromatic nitrogens is 2. The van der Waals surface area contributed by atoms with E-state index in [1.54, 1.807) is 7.05 Å². The highest BCUT2D eigenvalue weighted by Gasteiger charge is 2.14. The summed E-state index contributed by atoms with van der Waals surface area (Å²) in [6.07, 6.45) is 1.53. The van der Waals surface area contributed by atoms with Crippen LogP contribution in [-0.2, 0) is 7.05 Å². The minimum atomic E-state index is -0.645. The first-order valence-corrected chi connectivity index (χ1v) is 4.85. The van der Waals surface area contributed by atoms with Gasteiger partial charge in [-0.05, 0) is 6.07 Å². The van der Waals surface area contributed by atoms with Gasteiger partial charge in [0.25, 0.3) is 0 Å². The van der Waals surface area contributed by atoms with E-state index in [2.05, 4.69) is 9.72 Å².